The molecule has 9 nitrogen and oxygen atoms in total. The van der Waals surface area contributed by atoms with Gasteiger partial charge in [-0.2, -0.15) is 5.10 Å². The topological polar surface area (TPSA) is 86.8 Å². The molecule has 198 valence electrons. The lowest BCUT2D eigenvalue weighted by molar-refractivity contribution is 0.0735. The third kappa shape index (κ3) is 5.46. The summed E-state index contributed by atoms with van der Waals surface area (Å²) < 4.78 is 42.8. The molecule has 37 heavy (non-hydrogen) atoms. The fraction of sp³-hybridized carbons (Fsp3) is 0.440. The highest BCUT2D eigenvalue weighted by atomic mass is 32.3. The van der Waals surface area contributed by atoms with Crippen molar-refractivity contribution >= 4 is 32.5 Å². The monoisotopic (exact) mass is 532 g/mol. The lowest BCUT2D eigenvalue weighted by atomic mass is 10.2. The van der Waals surface area contributed by atoms with Gasteiger partial charge in [-0.15, -0.1) is 0 Å². The van der Waals surface area contributed by atoms with Crippen molar-refractivity contribution in [1.82, 2.24) is 29.0 Å². The summed E-state index contributed by atoms with van der Waals surface area (Å²) in [6.07, 6.45) is 11.6. The van der Waals surface area contributed by atoms with E-state index in [-0.39, 0.29) is 24.0 Å². The van der Waals surface area contributed by atoms with Crippen LogP contribution >= 0.6 is 10.0 Å². The molecule has 5 heterocycles. The Kier molecular flexibility index (Phi) is 7.15. The van der Waals surface area contributed by atoms with E-state index in [1.54, 1.807) is 21.8 Å². The molecule has 0 aromatic carbocycles. The molecule has 1 aliphatic heterocycles. The van der Waals surface area contributed by atoms with Gasteiger partial charge in [0.15, 0.2) is 11.5 Å². The van der Waals surface area contributed by atoms with Gasteiger partial charge in [0, 0.05) is 49.3 Å². The molecule has 4 aromatic heterocycles. The van der Waals surface area contributed by atoms with E-state index in [0.29, 0.717) is 55.2 Å². The van der Waals surface area contributed by atoms with E-state index in [9.17, 15) is 13.6 Å². The van der Waals surface area contributed by atoms with Crippen LogP contribution in [-0.2, 0) is 16.2 Å². The van der Waals surface area contributed by atoms with Crippen molar-refractivity contribution in [1.29, 1.82) is 0 Å². The average Bonchev–Trinajstić information content (AvgIpc) is 3.30. The Balaban J connectivity index is 1.55. The molecule has 0 aliphatic carbocycles. The minimum atomic E-state index is -0.768. The van der Waals surface area contributed by atoms with E-state index < -0.39 is 21.7 Å². The van der Waals surface area contributed by atoms with E-state index in [4.69, 9.17) is 14.6 Å². The Bertz CT molecular complexity index is 1440. The minimum Gasteiger partial charge on any atom is -0.380 e. The Morgan fingerprint density at radius 1 is 1.14 bits per heavy atom. The van der Waals surface area contributed by atoms with Crippen molar-refractivity contribution < 1.29 is 23.0 Å². The SMILES string of the molecule is CS(C)(C)CCOCn1nc(-c2cnc3c(F)cc(F)cn23)c2cnc(C(=O)N3CCCOCC3)cc21. The molecular formula is C25H30F2N6O3S. The lowest BCUT2D eigenvalue weighted by Crippen LogP contribution is -2.33. The van der Waals surface area contributed by atoms with Crippen LogP contribution in [-0.4, -0.2) is 92.4 Å². The van der Waals surface area contributed by atoms with Crippen LogP contribution in [0.1, 0.15) is 16.9 Å². The van der Waals surface area contributed by atoms with Crippen LogP contribution in [0.15, 0.2) is 30.7 Å². The average molecular weight is 533 g/mol. The molecule has 12 heteroatoms. The molecule has 0 unspecified atom stereocenters. The van der Waals surface area contributed by atoms with Crippen LogP contribution < -0.4 is 0 Å². The fourth-order valence-corrected chi connectivity index (χ4v) is 4.85. The van der Waals surface area contributed by atoms with E-state index in [0.717, 1.165) is 18.2 Å². The van der Waals surface area contributed by atoms with Gasteiger partial charge in [-0.25, -0.2) is 28.5 Å². The first-order chi connectivity index (χ1) is 17.7. The summed E-state index contributed by atoms with van der Waals surface area (Å²) in [5, 5.41) is 5.33. The number of pyridine rings is 2. The van der Waals surface area contributed by atoms with E-state index in [1.807, 2.05) is 0 Å². The van der Waals surface area contributed by atoms with Crippen molar-refractivity contribution in [2.24, 2.45) is 0 Å². The van der Waals surface area contributed by atoms with Crippen LogP contribution in [0.25, 0.3) is 27.9 Å². The van der Waals surface area contributed by atoms with E-state index >= 15 is 0 Å². The predicted octanol–water partition coefficient (Wildman–Crippen LogP) is 3.55. The molecule has 0 N–H and O–H groups in total. The molecule has 1 amide bonds. The number of ether oxygens (including phenoxy) is 2. The Hall–Kier alpha value is -3.09. The largest absolute Gasteiger partial charge is 0.380 e. The third-order valence-electron chi connectivity index (χ3n) is 6.19. The van der Waals surface area contributed by atoms with E-state index in [2.05, 4.69) is 28.7 Å². The third-order valence-corrected chi connectivity index (χ3v) is 7.58. The quantitative estimate of drug-likeness (QED) is 0.339. The van der Waals surface area contributed by atoms with E-state index in [1.165, 1.54) is 16.8 Å². The summed E-state index contributed by atoms with van der Waals surface area (Å²) in [6.45, 7) is 2.93. The summed E-state index contributed by atoms with van der Waals surface area (Å²) in [5.41, 5.74) is 1.76. The Labute approximate surface area is 214 Å². The maximum absolute atomic E-state index is 14.3. The zero-order valence-electron chi connectivity index (χ0n) is 21.1. The van der Waals surface area contributed by atoms with Gasteiger partial charge in [0.25, 0.3) is 5.91 Å². The number of hydrogen-bond acceptors (Lipinski definition) is 6. The van der Waals surface area contributed by atoms with Gasteiger partial charge < -0.3 is 14.4 Å². The molecule has 5 rings (SSSR count). The van der Waals surface area contributed by atoms with Crippen LogP contribution in [0.4, 0.5) is 8.78 Å². The second-order valence-electron chi connectivity index (χ2n) is 9.87. The van der Waals surface area contributed by atoms with Gasteiger partial charge in [-0.05, 0) is 31.3 Å². The van der Waals surface area contributed by atoms with Gasteiger partial charge >= 0.3 is 0 Å². The molecule has 0 saturated carbocycles. The number of amides is 1. The second-order valence-corrected chi connectivity index (χ2v) is 14.5. The van der Waals surface area contributed by atoms with Crippen LogP contribution in [0, 0.1) is 11.6 Å². The Morgan fingerprint density at radius 3 is 2.78 bits per heavy atom. The second kappa shape index (κ2) is 10.3. The lowest BCUT2D eigenvalue weighted by Gasteiger charge is -2.24. The zero-order chi connectivity index (χ0) is 26.2. The van der Waals surface area contributed by atoms with Crippen LogP contribution in [0.5, 0.6) is 0 Å². The molecule has 1 aliphatic rings. The maximum Gasteiger partial charge on any atom is 0.272 e. The molecule has 1 fully saturated rings. The highest BCUT2D eigenvalue weighted by Gasteiger charge is 2.23. The predicted molar refractivity (Wildman–Crippen MR) is 139 cm³/mol. The molecule has 0 atom stereocenters. The molecular weight excluding hydrogens is 502 g/mol. The first-order valence-corrected chi connectivity index (χ1v) is 15.0. The first-order valence-electron chi connectivity index (χ1n) is 12.0. The van der Waals surface area contributed by atoms with Crippen molar-refractivity contribution in [2.75, 3.05) is 57.4 Å². The first kappa shape index (κ1) is 25.6. The fourth-order valence-electron chi connectivity index (χ4n) is 4.23. The van der Waals surface area contributed by atoms with Crippen molar-refractivity contribution in [3.63, 3.8) is 0 Å². The number of fused-ring (bicyclic) bond motifs is 2. The number of halogens is 2. The normalized spacial score (nSPS) is 15.4. The highest BCUT2D eigenvalue weighted by Crippen LogP contribution is 2.34. The van der Waals surface area contributed by atoms with Crippen molar-refractivity contribution in [3.05, 3.63) is 48.1 Å². The number of nitrogens with zero attached hydrogens (tertiary/aromatic N) is 6. The van der Waals surface area contributed by atoms with Gasteiger partial charge in [0.2, 0.25) is 0 Å². The van der Waals surface area contributed by atoms with Crippen molar-refractivity contribution in [3.8, 4) is 11.4 Å². The van der Waals surface area contributed by atoms with Crippen molar-refractivity contribution in [2.45, 2.75) is 13.2 Å². The number of carbonyl (C=O) groups is 1. The number of hydrogen-bond donors (Lipinski definition) is 0. The van der Waals surface area contributed by atoms with Gasteiger partial charge in [0.05, 0.1) is 30.6 Å². The maximum atomic E-state index is 14.3. The molecule has 4 aromatic rings. The van der Waals surface area contributed by atoms with Gasteiger partial charge in [-0.1, -0.05) is 0 Å². The molecule has 0 spiro atoms. The summed E-state index contributed by atoms with van der Waals surface area (Å²) in [6, 6.07) is 2.49. The number of imidazole rings is 1. The van der Waals surface area contributed by atoms with Crippen LogP contribution in [0.3, 0.4) is 0 Å². The molecule has 0 bridgehead atoms. The summed E-state index contributed by atoms with van der Waals surface area (Å²) >= 11 is 0. The zero-order valence-corrected chi connectivity index (χ0v) is 21.9. The van der Waals surface area contributed by atoms with Gasteiger partial charge in [0.1, 0.15) is 23.9 Å². The summed E-state index contributed by atoms with van der Waals surface area (Å²) in [7, 11) is -0.725. The highest BCUT2D eigenvalue weighted by molar-refractivity contribution is 8.32. The number of rotatable bonds is 7. The standard InChI is InChI=1S/C25H30F2N6O3S/c1-37(2,3)10-9-36-16-33-21-12-20(25(34)31-5-4-7-35-8-6-31)28-13-18(21)23(30-33)22-14-29-24-19(27)11-17(26)15-32(22)24/h11-15H,4-10,16H2,1-3H3. The molecule has 0 radical (unpaired) electrons. The number of carbonyl (C=O) groups excluding carboxylic acids is 1. The minimum absolute atomic E-state index is 0.00774. The van der Waals surface area contributed by atoms with Gasteiger partial charge in [-0.3, -0.25) is 14.2 Å². The van der Waals surface area contributed by atoms with Crippen LogP contribution in [0.2, 0.25) is 0 Å². The Morgan fingerprint density at radius 2 is 1.97 bits per heavy atom. The summed E-state index contributed by atoms with van der Waals surface area (Å²) in [4.78, 5) is 23.5. The summed E-state index contributed by atoms with van der Waals surface area (Å²) in [5.74, 6) is -0.741. The smallest absolute Gasteiger partial charge is 0.272 e. The number of aromatic nitrogens is 5. The molecule has 1 saturated heterocycles.